The van der Waals surface area contributed by atoms with Gasteiger partial charge in [-0.2, -0.15) is 0 Å². The summed E-state index contributed by atoms with van der Waals surface area (Å²) in [5.74, 6) is 0.541. The zero-order valence-electron chi connectivity index (χ0n) is 11.1. The molecular formula is C13H19ClN2O2S. The zero-order valence-corrected chi connectivity index (χ0v) is 12.7. The number of benzene rings is 1. The van der Waals surface area contributed by atoms with Crippen molar-refractivity contribution in [3.8, 4) is 0 Å². The standard InChI is InChI=1S/C13H19ClN2O2S/c1-10(7-8-19(2)18)15-9-13(17)16-12-5-3-11(14)4-6-12/h3-6,10,15H,7-9H2,1-2H3,(H,16,17). The maximum Gasteiger partial charge on any atom is 0.238 e. The lowest BCUT2D eigenvalue weighted by Crippen LogP contribution is -2.35. The van der Waals surface area contributed by atoms with Crippen LogP contribution in [0, 0.1) is 0 Å². The van der Waals surface area contributed by atoms with Crippen molar-refractivity contribution in [3.05, 3.63) is 29.3 Å². The molecule has 0 fully saturated rings. The Labute approximate surface area is 121 Å². The van der Waals surface area contributed by atoms with E-state index >= 15 is 0 Å². The van der Waals surface area contributed by atoms with Gasteiger partial charge < -0.3 is 10.6 Å². The Morgan fingerprint density at radius 2 is 2.00 bits per heavy atom. The highest BCUT2D eigenvalue weighted by atomic mass is 35.5. The summed E-state index contributed by atoms with van der Waals surface area (Å²) >= 11 is 5.76. The number of amides is 1. The highest BCUT2D eigenvalue weighted by Crippen LogP contribution is 2.12. The minimum absolute atomic E-state index is 0.105. The fourth-order valence-electron chi connectivity index (χ4n) is 1.45. The number of carbonyl (C=O) groups excluding carboxylic acids is 1. The van der Waals surface area contributed by atoms with Gasteiger partial charge in [0, 0.05) is 39.6 Å². The number of hydrogen-bond acceptors (Lipinski definition) is 3. The van der Waals surface area contributed by atoms with Crippen LogP contribution >= 0.6 is 11.6 Å². The number of nitrogens with one attached hydrogen (secondary N) is 2. The average Bonchev–Trinajstić information content (AvgIpc) is 2.36. The molecule has 0 aliphatic heterocycles. The predicted molar refractivity (Wildman–Crippen MR) is 81.1 cm³/mol. The molecule has 0 saturated carbocycles. The number of anilines is 1. The molecule has 0 aliphatic carbocycles. The van der Waals surface area contributed by atoms with Crippen molar-refractivity contribution in [1.82, 2.24) is 5.32 Å². The number of halogens is 1. The van der Waals surface area contributed by atoms with Gasteiger partial charge in [0.05, 0.1) is 6.54 Å². The van der Waals surface area contributed by atoms with Crippen molar-refractivity contribution in [2.45, 2.75) is 19.4 Å². The van der Waals surface area contributed by atoms with Crippen LogP contribution in [-0.4, -0.2) is 34.7 Å². The minimum Gasteiger partial charge on any atom is -0.325 e. The predicted octanol–water partition coefficient (Wildman–Crippen LogP) is 2.03. The first-order valence-electron chi connectivity index (χ1n) is 6.06. The molecule has 1 rings (SSSR count). The molecule has 1 amide bonds. The molecule has 6 heteroatoms. The van der Waals surface area contributed by atoms with E-state index in [-0.39, 0.29) is 18.5 Å². The van der Waals surface area contributed by atoms with Crippen LogP contribution in [0.4, 0.5) is 5.69 Å². The maximum absolute atomic E-state index is 11.7. The Morgan fingerprint density at radius 3 is 2.58 bits per heavy atom. The third-order valence-electron chi connectivity index (χ3n) is 2.58. The summed E-state index contributed by atoms with van der Waals surface area (Å²) in [6.07, 6.45) is 2.47. The molecule has 0 spiro atoms. The Kier molecular flexibility index (Phi) is 7.05. The molecular weight excluding hydrogens is 284 g/mol. The van der Waals surface area contributed by atoms with Crippen molar-refractivity contribution < 1.29 is 9.00 Å². The van der Waals surface area contributed by atoms with Crippen molar-refractivity contribution in [2.75, 3.05) is 23.9 Å². The minimum atomic E-state index is -0.787. The second kappa shape index (κ2) is 8.30. The number of carbonyl (C=O) groups is 1. The molecule has 2 atom stereocenters. The lowest BCUT2D eigenvalue weighted by molar-refractivity contribution is -0.115. The van der Waals surface area contributed by atoms with E-state index in [0.717, 1.165) is 12.1 Å². The fraction of sp³-hybridized carbons (Fsp3) is 0.462. The van der Waals surface area contributed by atoms with Crippen molar-refractivity contribution >= 4 is 34.0 Å². The van der Waals surface area contributed by atoms with Crippen molar-refractivity contribution in [2.24, 2.45) is 0 Å². The molecule has 0 aromatic heterocycles. The van der Waals surface area contributed by atoms with Crippen LogP contribution in [0.5, 0.6) is 0 Å². The maximum atomic E-state index is 11.7. The summed E-state index contributed by atoms with van der Waals surface area (Å²) < 4.78 is 10.9. The Balaban J connectivity index is 2.27. The van der Waals surface area contributed by atoms with Crippen molar-refractivity contribution in [1.29, 1.82) is 0 Å². The van der Waals surface area contributed by atoms with E-state index in [9.17, 15) is 9.00 Å². The van der Waals surface area contributed by atoms with Gasteiger partial charge in [-0.25, -0.2) is 0 Å². The molecule has 0 aliphatic rings. The molecule has 0 radical (unpaired) electrons. The normalized spacial score (nSPS) is 13.8. The van der Waals surface area contributed by atoms with Gasteiger partial charge in [-0.15, -0.1) is 0 Å². The highest BCUT2D eigenvalue weighted by Gasteiger charge is 2.06. The van der Waals surface area contributed by atoms with Gasteiger partial charge in [-0.1, -0.05) is 11.6 Å². The summed E-state index contributed by atoms with van der Waals surface area (Å²) in [6.45, 7) is 2.21. The van der Waals surface area contributed by atoms with Crippen LogP contribution in [0.2, 0.25) is 5.02 Å². The molecule has 0 bridgehead atoms. The summed E-state index contributed by atoms with van der Waals surface area (Å²) in [5.41, 5.74) is 0.721. The first-order valence-corrected chi connectivity index (χ1v) is 8.16. The topological polar surface area (TPSA) is 58.2 Å². The van der Waals surface area contributed by atoms with Crippen LogP contribution in [0.15, 0.2) is 24.3 Å². The van der Waals surface area contributed by atoms with Gasteiger partial charge in [0.25, 0.3) is 0 Å². The van der Waals surface area contributed by atoms with E-state index in [1.807, 2.05) is 6.92 Å². The van der Waals surface area contributed by atoms with E-state index in [4.69, 9.17) is 11.6 Å². The fourth-order valence-corrected chi connectivity index (χ4v) is 2.26. The lowest BCUT2D eigenvalue weighted by Gasteiger charge is -2.13. The Bertz CT molecular complexity index is 437. The summed E-state index contributed by atoms with van der Waals surface area (Å²) in [7, 11) is -0.787. The largest absolute Gasteiger partial charge is 0.325 e. The van der Waals surface area contributed by atoms with Gasteiger partial charge in [0.1, 0.15) is 0 Å². The average molecular weight is 303 g/mol. The number of rotatable bonds is 7. The van der Waals surface area contributed by atoms with Gasteiger partial charge in [0.15, 0.2) is 0 Å². The second-order valence-corrected chi connectivity index (χ2v) is 6.39. The third kappa shape index (κ3) is 7.30. The number of hydrogen-bond donors (Lipinski definition) is 2. The van der Waals surface area contributed by atoms with E-state index in [1.165, 1.54) is 0 Å². The molecule has 106 valence electrons. The molecule has 0 saturated heterocycles. The van der Waals surface area contributed by atoms with E-state index in [1.54, 1.807) is 30.5 Å². The van der Waals surface area contributed by atoms with Crippen LogP contribution in [-0.2, 0) is 15.6 Å². The third-order valence-corrected chi connectivity index (χ3v) is 3.64. The SMILES string of the molecule is CC(CCS(C)=O)NCC(=O)Nc1ccc(Cl)cc1. The summed E-state index contributed by atoms with van der Waals surface area (Å²) in [4.78, 5) is 11.7. The monoisotopic (exact) mass is 302 g/mol. The van der Waals surface area contributed by atoms with Gasteiger partial charge >= 0.3 is 0 Å². The summed E-state index contributed by atoms with van der Waals surface area (Å²) in [6, 6.07) is 7.13. The van der Waals surface area contributed by atoms with E-state index < -0.39 is 10.8 Å². The van der Waals surface area contributed by atoms with Crippen LogP contribution in [0.25, 0.3) is 0 Å². The van der Waals surface area contributed by atoms with Crippen molar-refractivity contribution in [3.63, 3.8) is 0 Å². The van der Waals surface area contributed by atoms with Crippen LogP contribution < -0.4 is 10.6 Å². The van der Waals surface area contributed by atoms with Gasteiger partial charge in [-0.3, -0.25) is 9.00 Å². The second-order valence-electron chi connectivity index (χ2n) is 4.40. The molecule has 19 heavy (non-hydrogen) atoms. The van der Waals surface area contributed by atoms with Crippen LogP contribution in [0.1, 0.15) is 13.3 Å². The Morgan fingerprint density at radius 1 is 1.37 bits per heavy atom. The molecule has 0 heterocycles. The molecule has 2 unspecified atom stereocenters. The van der Waals surface area contributed by atoms with Gasteiger partial charge in [0.2, 0.25) is 5.91 Å². The van der Waals surface area contributed by atoms with Crippen LogP contribution in [0.3, 0.4) is 0 Å². The van der Waals surface area contributed by atoms with E-state index in [2.05, 4.69) is 10.6 Å². The quantitative estimate of drug-likeness (QED) is 0.810. The molecule has 1 aromatic carbocycles. The Hall–Kier alpha value is -0.910. The molecule has 1 aromatic rings. The van der Waals surface area contributed by atoms with Gasteiger partial charge in [-0.05, 0) is 37.6 Å². The first-order chi connectivity index (χ1) is 8.97. The zero-order chi connectivity index (χ0) is 14.3. The highest BCUT2D eigenvalue weighted by molar-refractivity contribution is 7.84. The lowest BCUT2D eigenvalue weighted by atomic mass is 10.2. The first kappa shape index (κ1) is 16.1. The summed E-state index contributed by atoms with van der Waals surface area (Å²) in [5, 5.41) is 6.50. The molecule has 2 N–H and O–H groups in total. The van der Waals surface area contributed by atoms with E-state index in [0.29, 0.717) is 10.8 Å². The molecule has 4 nitrogen and oxygen atoms in total. The smallest absolute Gasteiger partial charge is 0.238 e.